The molecule has 31 heavy (non-hydrogen) atoms. The van der Waals surface area contributed by atoms with Crippen molar-refractivity contribution >= 4 is 10.1 Å². The lowest BCUT2D eigenvalue weighted by Gasteiger charge is -2.28. The lowest BCUT2D eigenvalue weighted by Crippen LogP contribution is -2.19. The smallest absolute Gasteiger partial charge is 0.124 e. The number of quaternary nitrogens is 1. The van der Waals surface area contributed by atoms with E-state index in [0.29, 0.717) is 0 Å². The first-order chi connectivity index (χ1) is 14.2. The normalized spacial score (nSPS) is 12.0. The number of hydrogen-bond donors (Lipinski definition) is 1. The highest BCUT2D eigenvalue weighted by atomic mass is 32.2. The molecule has 0 radical (unpaired) electrons. The molecule has 0 atom stereocenters. The molecule has 0 bridgehead atoms. The first-order valence-corrected chi connectivity index (χ1v) is 13.7. The van der Waals surface area contributed by atoms with Crippen LogP contribution >= 0.6 is 0 Å². The zero-order valence-electron chi connectivity index (χ0n) is 21.0. The molecule has 1 aromatic carbocycles. The van der Waals surface area contributed by atoms with Gasteiger partial charge in [0.1, 0.15) is 10.1 Å². The average Bonchev–Trinajstić information content (AvgIpc) is 2.67. The van der Waals surface area contributed by atoms with Crippen LogP contribution in [0.4, 0.5) is 0 Å². The summed E-state index contributed by atoms with van der Waals surface area (Å²) >= 11 is 0. The summed E-state index contributed by atoms with van der Waals surface area (Å²) in [5, 5.41) is 0. The van der Waals surface area contributed by atoms with Gasteiger partial charge in [0, 0.05) is 0 Å². The van der Waals surface area contributed by atoms with Gasteiger partial charge in [0.25, 0.3) is 0 Å². The summed E-state index contributed by atoms with van der Waals surface area (Å²) in [5.74, 6) is 0. The molecule has 0 saturated heterocycles. The van der Waals surface area contributed by atoms with E-state index >= 15 is 0 Å². The van der Waals surface area contributed by atoms with Crippen LogP contribution in [-0.4, -0.2) is 13.0 Å². The first kappa shape index (κ1) is 30.1. The van der Waals surface area contributed by atoms with E-state index in [2.05, 4.69) is 20.8 Å². The van der Waals surface area contributed by atoms with Crippen molar-refractivity contribution in [1.29, 1.82) is 0 Å². The lowest BCUT2D eigenvalue weighted by atomic mass is 9.78. The topological polar surface area (TPSA) is 93.7 Å². The third-order valence-electron chi connectivity index (χ3n) is 6.37. The van der Waals surface area contributed by atoms with E-state index in [1.807, 2.05) is 13.0 Å². The zero-order chi connectivity index (χ0) is 22.5. The Morgan fingerprint density at radius 3 is 1.58 bits per heavy atom. The van der Waals surface area contributed by atoms with E-state index in [4.69, 9.17) is 0 Å². The van der Waals surface area contributed by atoms with E-state index in [1.54, 1.807) is 0 Å². The minimum atomic E-state index is -4.38. The van der Waals surface area contributed by atoms with Gasteiger partial charge in [-0.1, -0.05) is 117 Å². The Kier molecular flexibility index (Phi) is 15.4. The van der Waals surface area contributed by atoms with Crippen molar-refractivity contribution < 1.29 is 13.0 Å². The monoisotopic (exact) mass is 455 g/mol. The number of benzene rings is 1. The van der Waals surface area contributed by atoms with E-state index < -0.39 is 10.1 Å². The van der Waals surface area contributed by atoms with Gasteiger partial charge in [-0.15, -0.1) is 0 Å². The van der Waals surface area contributed by atoms with E-state index in [9.17, 15) is 13.0 Å². The Morgan fingerprint density at radius 2 is 1.19 bits per heavy atom. The van der Waals surface area contributed by atoms with Crippen molar-refractivity contribution in [1.82, 2.24) is 6.15 Å². The largest absolute Gasteiger partial charge is 0.744 e. The molecule has 5 heteroatoms. The minimum absolute atomic E-state index is 0. The van der Waals surface area contributed by atoms with Gasteiger partial charge < -0.3 is 10.7 Å². The maximum Gasteiger partial charge on any atom is 0.124 e. The summed E-state index contributed by atoms with van der Waals surface area (Å²) in [6.45, 7) is 8.59. The molecule has 1 aromatic rings. The average molecular weight is 456 g/mol. The second-order valence-electron chi connectivity index (χ2n) is 9.66. The molecule has 4 N–H and O–H groups in total. The Labute approximate surface area is 192 Å². The van der Waals surface area contributed by atoms with Crippen LogP contribution in [0.2, 0.25) is 0 Å². The molecule has 0 aliphatic rings. The van der Waals surface area contributed by atoms with Gasteiger partial charge in [0.05, 0.1) is 4.90 Å². The van der Waals surface area contributed by atoms with Crippen molar-refractivity contribution in [3.63, 3.8) is 0 Å². The number of unbranched alkanes of at least 4 members (excludes halogenated alkanes) is 13. The molecule has 0 aromatic heterocycles. The molecule has 0 spiro atoms. The maximum atomic E-state index is 11.2. The van der Waals surface area contributed by atoms with Crippen LogP contribution in [0.5, 0.6) is 0 Å². The number of rotatable bonds is 17. The van der Waals surface area contributed by atoms with Gasteiger partial charge in [0.2, 0.25) is 0 Å². The fourth-order valence-corrected chi connectivity index (χ4v) is 5.00. The van der Waals surface area contributed by atoms with Crippen LogP contribution in [0.25, 0.3) is 0 Å². The highest BCUT2D eigenvalue weighted by Crippen LogP contribution is 2.33. The van der Waals surface area contributed by atoms with Crippen molar-refractivity contribution in [2.24, 2.45) is 0 Å². The fraction of sp³-hybridized carbons (Fsp3) is 0.769. The van der Waals surface area contributed by atoms with Crippen LogP contribution < -0.4 is 6.15 Å². The summed E-state index contributed by atoms with van der Waals surface area (Å²) in [7, 11) is -4.38. The SMILES string of the molecule is CCCCCCCCCCCCCCCCC(C)(C)c1ccc(S(=O)(=O)[O-])cc1C.[NH4+]. The number of hydrogen-bond acceptors (Lipinski definition) is 3. The molecule has 0 unspecified atom stereocenters. The maximum absolute atomic E-state index is 11.2. The van der Waals surface area contributed by atoms with Crippen molar-refractivity contribution in [2.75, 3.05) is 0 Å². The van der Waals surface area contributed by atoms with Crippen molar-refractivity contribution in [2.45, 2.75) is 134 Å². The molecule has 182 valence electrons. The lowest BCUT2D eigenvalue weighted by molar-refractivity contribution is 0.438. The van der Waals surface area contributed by atoms with Gasteiger partial charge in [-0.3, -0.25) is 0 Å². The fourth-order valence-electron chi connectivity index (χ4n) is 4.45. The van der Waals surface area contributed by atoms with Gasteiger partial charge >= 0.3 is 0 Å². The molecule has 0 amide bonds. The van der Waals surface area contributed by atoms with Crippen LogP contribution in [0.3, 0.4) is 0 Å². The minimum Gasteiger partial charge on any atom is -0.744 e. The third kappa shape index (κ3) is 12.6. The summed E-state index contributed by atoms with van der Waals surface area (Å²) in [4.78, 5) is -0.129. The molecule has 4 nitrogen and oxygen atoms in total. The quantitative estimate of drug-likeness (QED) is 0.188. The van der Waals surface area contributed by atoms with Gasteiger partial charge in [-0.25, -0.2) is 8.42 Å². The Bertz CT molecular complexity index is 699. The summed E-state index contributed by atoms with van der Waals surface area (Å²) in [6, 6.07) is 4.80. The Morgan fingerprint density at radius 1 is 0.774 bits per heavy atom. The van der Waals surface area contributed by atoms with E-state index in [1.165, 1.54) is 102 Å². The van der Waals surface area contributed by atoms with E-state index in [-0.39, 0.29) is 16.5 Å². The predicted octanol–water partition coefficient (Wildman–Crippen LogP) is 8.42. The van der Waals surface area contributed by atoms with Gasteiger partial charge in [-0.05, 0) is 42.0 Å². The van der Waals surface area contributed by atoms with E-state index in [0.717, 1.165) is 17.5 Å². The molecular formula is C26H49NO3S. The Balaban J connectivity index is 0.00000900. The summed E-state index contributed by atoms with van der Waals surface area (Å²) < 4.78 is 33.6. The first-order valence-electron chi connectivity index (χ1n) is 12.3. The molecule has 0 aliphatic carbocycles. The second-order valence-corrected chi connectivity index (χ2v) is 11.0. The van der Waals surface area contributed by atoms with Crippen LogP contribution in [-0.2, 0) is 15.5 Å². The summed E-state index contributed by atoms with van der Waals surface area (Å²) in [5.41, 5.74) is 2.03. The molecule has 1 rings (SSSR count). The van der Waals surface area contributed by atoms with Crippen LogP contribution in [0.15, 0.2) is 23.1 Å². The standard InChI is InChI=1S/C26H46O3S.H3N/c1-5-6-7-8-9-10-11-12-13-14-15-16-17-18-21-26(3,4)25-20-19-24(22-23(25)2)30(27,28)29;/h19-20,22H,5-18,21H2,1-4H3,(H,27,28,29);1H3. The zero-order valence-corrected chi connectivity index (χ0v) is 21.8. The predicted molar refractivity (Wildman–Crippen MR) is 133 cm³/mol. The number of aryl methyl sites for hydroxylation is 1. The van der Waals surface area contributed by atoms with Crippen molar-refractivity contribution in [3.8, 4) is 0 Å². The highest BCUT2D eigenvalue weighted by Gasteiger charge is 2.22. The molecule has 0 aliphatic heterocycles. The third-order valence-corrected chi connectivity index (χ3v) is 7.20. The van der Waals surface area contributed by atoms with Gasteiger partial charge in [-0.2, -0.15) is 0 Å². The molecular weight excluding hydrogens is 406 g/mol. The highest BCUT2D eigenvalue weighted by molar-refractivity contribution is 7.85. The van der Waals surface area contributed by atoms with Crippen LogP contribution in [0.1, 0.15) is 128 Å². The Hall–Kier alpha value is -0.910. The van der Waals surface area contributed by atoms with Crippen molar-refractivity contribution in [3.05, 3.63) is 29.3 Å². The molecule has 0 fully saturated rings. The second kappa shape index (κ2) is 15.8. The summed E-state index contributed by atoms with van der Waals surface area (Å²) in [6.07, 6.45) is 20.1. The molecule has 0 heterocycles. The van der Waals surface area contributed by atoms with Gasteiger partial charge in [0.15, 0.2) is 0 Å². The van der Waals surface area contributed by atoms with Crippen LogP contribution in [0, 0.1) is 6.92 Å². The molecule has 0 saturated carbocycles.